The molecule has 5 rings (SSSR count). The van der Waals surface area contributed by atoms with Gasteiger partial charge < -0.3 is 10.6 Å². The number of nitrogens with zero attached hydrogens (tertiary/aromatic N) is 1. The van der Waals surface area contributed by atoms with Crippen LogP contribution in [0, 0.1) is 5.92 Å². The van der Waals surface area contributed by atoms with Crippen molar-refractivity contribution in [1.29, 1.82) is 0 Å². The molecule has 8 heteroatoms. The first-order chi connectivity index (χ1) is 17.0. The van der Waals surface area contributed by atoms with Gasteiger partial charge in [-0.25, -0.2) is 8.42 Å². The smallest absolute Gasteiger partial charge is 0.261 e. The first-order valence-electron chi connectivity index (χ1n) is 12.0. The molecule has 0 radical (unpaired) electrons. The van der Waals surface area contributed by atoms with Crippen LogP contribution in [0.1, 0.15) is 37.9 Å². The Morgan fingerprint density at radius 1 is 1.00 bits per heavy atom. The number of carbonyl (C=O) groups is 2. The van der Waals surface area contributed by atoms with Crippen LogP contribution in [0.3, 0.4) is 0 Å². The monoisotopic (exact) mass is 477 g/mol. The van der Waals surface area contributed by atoms with Gasteiger partial charge in [-0.3, -0.25) is 14.3 Å². The minimum Gasteiger partial charge on any atom is -0.366 e. The van der Waals surface area contributed by atoms with E-state index >= 15 is 0 Å². The molecular weight excluding hydrogens is 450 g/mol. The Morgan fingerprint density at radius 3 is 2.47 bits per heavy atom. The summed E-state index contributed by atoms with van der Waals surface area (Å²) in [5.41, 5.74) is 8.20. The lowest BCUT2D eigenvalue weighted by atomic mass is 10.0. The highest BCUT2D eigenvalue weighted by Crippen LogP contribution is 2.37. The summed E-state index contributed by atoms with van der Waals surface area (Å²) in [4.78, 5) is 25.9. The molecule has 2 amide bonds. The number of aryl methyl sites for hydroxylation is 1. The molecule has 0 aromatic heterocycles. The molecule has 0 unspecified atom stereocenters. The summed E-state index contributed by atoms with van der Waals surface area (Å²) >= 11 is 0. The zero-order valence-corrected chi connectivity index (χ0v) is 19.1. The summed E-state index contributed by atoms with van der Waals surface area (Å²) < 4.78 is 45.4. The van der Waals surface area contributed by atoms with Crippen molar-refractivity contribution in [1.82, 2.24) is 0 Å². The highest BCUT2D eigenvalue weighted by molar-refractivity contribution is 7.92. The number of hydrogen-bond donors (Lipinski definition) is 2. The Hall–Kier alpha value is -3.65. The Kier molecular flexibility index (Phi) is 5.01. The van der Waals surface area contributed by atoms with Crippen molar-refractivity contribution in [3.05, 3.63) is 77.9 Å². The minimum absolute atomic E-state index is 0.0376. The number of benzene rings is 3. The number of amides is 2. The van der Waals surface area contributed by atoms with Crippen molar-refractivity contribution in [2.45, 2.75) is 30.5 Å². The van der Waals surface area contributed by atoms with Gasteiger partial charge in [0.05, 0.1) is 10.6 Å². The molecule has 1 aliphatic carbocycles. The van der Waals surface area contributed by atoms with E-state index in [9.17, 15) is 18.0 Å². The molecule has 0 saturated heterocycles. The Morgan fingerprint density at radius 2 is 1.76 bits per heavy atom. The van der Waals surface area contributed by atoms with Gasteiger partial charge in [-0.2, -0.15) is 0 Å². The summed E-state index contributed by atoms with van der Waals surface area (Å²) in [5, 5.41) is 0. The van der Waals surface area contributed by atoms with Gasteiger partial charge in [-0.1, -0.05) is 30.3 Å². The van der Waals surface area contributed by atoms with Crippen molar-refractivity contribution >= 4 is 33.2 Å². The van der Waals surface area contributed by atoms with Crippen LogP contribution >= 0.6 is 0 Å². The van der Waals surface area contributed by atoms with Gasteiger partial charge in [0.2, 0.25) is 11.8 Å². The molecule has 3 aromatic rings. The van der Waals surface area contributed by atoms with E-state index in [0.29, 0.717) is 16.8 Å². The van der Waals surface area contributed by atoms with E-state index in [0.717, 1.165) is 24.0 Å². The standard InChI is InChI=1S/C26H25N3O4S/c27-25(30)21-4-1-3-20(15-21)17-9-12-23(13-10-17)34(32,33)28-22-11-8-18-5-2-14-29(24(18)16-22)26(31)19-6-7-19/h1,3-4,8-13,15-16,19,28H,2,5-7,14H2,(H2,27,30)/i5D2. The van der Waals surface area contributed by atoms with E-state index in [-0.39, 0.29) is 35.4 Å². The molecule has 0 spiro atoms. The van der Waals surface area contributed by atoms with E-state index in [1.807, 2.05) is 0 Å². The van der Waals surface area contributed by atoms with Crippen LogP contribution in [-0.2, 0) is 21.2 Å². The quantitative estimate of drug-likeness (QED) is 0.560. The van der Waals surface area contributed by atoms with Crippen LogP contribution < -0.4 is 15.4 Å². The normalized spacial score (nSPS) is 17.8. The number of fused-ring (bicyclic) bond motifs is 1. The van der Waals surface area contributed by atoms with Crippen LogP contribution in [0.25, 0.3) is 11.1 Å². The molecule has 1 fully saturated rings. The summed E-state index contributed by atoms with van der Waals surface area (Å²) in [6.07, 6.45) is 0.242. The van der Waals surface area contributed by atoms with Gasteiger partial charge in [0.1, 0.15) is 0 Å². The molecular formula is C26H25N3O4S. The predicted octanol–water partition coefficient (Wildman–Crippen LogP) is 3.94. The van der Waals surface area contributed by atoms with Gasteiger partial charge in [-0.05, 0) is 78.7 Å². The number of rotatable bonds is 6. The molecule has 34 heavy (non-hydrogen) atoms. The molecule has 3 N–H and O–H groups in total. The molecule has 0 bridgehead atoms. The topological polar surface area (TPSA) is 110 Å². The molecule has 1 saturated carbocycles. The maximum atomic E-state index is 13.1. The molecule has 1 aliphatic heterocycles. The van der Waals surface area contributed by atoms with Crippen molar-refractivity contribution in [3.8, 4) is 11.1 Å². The van der Waals surface area contributed by atoms with Crippen molar-refractivity contribution in [3.63, 3.8) is 0 Å². The summed E-state index contributed by atoms with van der Waals surface area (Å²) in [6.45, 7) is 0.254. The molecule has 0 atom stereocenters. The summed E-state index contributed by atoms with van der Waals surface area (Å²) in [6, 6.07) is 17.6. The number of hydrogen-bond acceptors (Lipinski definition) is 4. The third kappa shape index (κ3) is 4.41. The average Bonchev–Trinajstić information content (AvgIpc) is 3.69. The molecule has 1 heterocycles. The lowest BCUT2D eigenvalue weighted by molar-refractivity contribution is -0.119. The fourth-order valence-corrected chi connectivity index (χ4v) is 5.11. The zero-order chi connectivity index (χ0) is 25.7. The molecule has 7 nitrogen and oxygen atoms in total. The van der Waals surface area contributed by atoms with E-state index in [1.54, 1.807) is 47.4 Å². The Bertz CT molecular complexity index is 1470. The van der Waals surface area contributed by atoms with Crippen LogP contribution in [0.5, 0.6) is 0 Å². The summed E-state index contributed by atoms with van der Waals surface area (Å²) in [7, 11) is -3.95. The largest absolute Gasteiger partial charge is 0.366 e. The number of nitrogens with one attached hydrogen (secondary N) is 1. The third-order valence-corrected chi connectivity index (χ3v) is 7.43. The van der Waals surface area contributed by atoms with Gasteiger partial charge in [-0.15, -0.1) is 0 Å². The second-order valence-electron chi connectivity index (χ2n) is 8.50. The van der Waals surface area contributed by atoms with Crippen LogP contribution in [0.4, 0.5) is 11.4 Å². The SMILES string of the molecule is [2H]C1([2H])CCN(C(=O)C2CC2)c2cc(NS(=O)(=O)c3ccc(-c4cccc(C(N)=O)c4)cc3)ccc21. The number of anilines is 2. The average molecular weight is 478 g/mol. The van der Waals surface area contributed by atoms with Crippen LogP contribution in [0.15, 0.2) is 71.6 Å². The Balaban J connectivity index is 1.41. The van der Waals surface area contributed by atoms with Crippen molar-refractivity contribution < 1.29 is 20.7 Å². The number of carbonyl (C=O) groups excluding carboxylic acids is 2. The number of primary amides is 1. The highest BCUT2D eigenvalue weighted by Gasteiger charge is 2.35. The maximum Gasteiger partial charge on any atom is 0.261 e. The van der Waals surface area contributed by atoms with E-state index in [4.69, 9.17) is 8.48 Å². The van der Waals surface area contributed by atoms with E-state index in [2.05, 4.69) is 4.72 Å². The first-order valence-corrected chi connectivity index (χ1v) is 12.5. The summed E-state index contributed by atoms with van der Waals surface area (Å²) in [5.74, 6) is -0.622. The number of nitrogens with two attached hydrogens (primary N) is 1. The molecule has 3 aromatic carbocycles. The van der Waals surface area contributed by atoms with Gasteiger partial charge in [0, 0.05) is 26.5 Å². The van der Waals surface area contributed by atoms with E-state index < -0.39 is 22.3 Å². The minimum atomic E-state index is -3.95. The second-order valence-corrected chi connectivity index (χ2v) is 10.2. The highest BCUT2D eigenvalue weighted by atomic mass is 32.2. The molecule has 174 valence electrons. The fourth-order valence-electron chi connectivity index (χ4n) is 4.06. The number of sulfonamides is 1. The zero-order valence-electron chi connectivity index (χ0n) is 20.3. The van der Waals surface area contributed by atoms with Crippen molar-refractivity contribution in [2.75, 3.05) is 16.2 Å². The Labute approximate surface area is 201 Å². The predicted molar refractivity (Wildman–Crippen MR) is 131 cm³/mol. The lowest BCUT2D eigenvalue weighted by Gasteiger charge is -2.30. The van der Waals surface area contributed by atoms with Crippen LogP contribution in [0.2, 0.25) is 0 Å². The first kappa shape index (κ1) is 19.8. The van der Waals surface area contributed by atoms with Gasteiger partial charge in [0.25, 0.3) is 10.0 Å². The molecule has 2 aliphatic rings. The van der Waals surface area contributed by atoms with E-state index in [1.165, 1.54) is 24.3 Å². The van der Waals surface area contributed by atoms with Crippen LogP contribution in [-0.4, -0.2) is 26.8 Å². The fraction of sp³-hybridized carbons (Fsp3) is 0.231. The third-order valence-electron chi connectivity index (χ3n) is 6.03. The van der Waals surface area contributed by atoms with Gasteiger partial charge in [0.15, 0.2) is 0 Å². The second kappa shape index (κ2) is 8.61. The lowest BCUT2D eigenvalue weighted by Crippen LogP contribution is -2.36. The van der Waals surface area contributed by atoms with Crippen molar-refractivity contribution in [2.24, 2.45) is 11.7 Å². The maximum absolute atomic E-state index is 13.1. The van der Waals surface area contributed by atoms with Gasteiger partial charge >= 0.3 is 0 Å².